The Kier molecular flexibility index (Phi) is 9.44. The van der Waals surface area contributed by atoms with Gasteiger partial charge in [-0.05, 0) is 96.1 Å². The third-order valence-electron chi connectivity index (χ3n) is 4.98. The molecule has 3 rings (SSSR count). The molecule has 0 N–H and O–H groups in total. The van der Waals surface area contributed by atoms with E-state index in [0.29, 0.717) is 32.1 Å². The summed E-state index contributed by atoms with van der Waals surface area (Å²) >= 11 is 2.95. The zero-order valence-corrected chi connectivity index (χ0v) is 22.9. The van der Waals surface area contributed by atoms with Gasteiger partial charge in [0.25, 0.3) is 11.1 Å². The van der Waals surface area contributed by atoms with Crippen LogP contribution in [0, 0.1) is 17.4 Å². The van der Waals surface area contributed by atoms with Gasteiger partial charge >= 0.3 is 5.97 Å². The molecule has 8 nitrogen and oxygen atoms in total. The second-order valence-electron chi connectivity index (χ2n) is 7.58. The fourth-order valence-electron chi connectivity index (χ4n) is 3.22. The van der Waals surface area contributed by atoms with E-state index in [4.69, 9.17) is 14.2 Å². The average molecular weight is 611 g/mol. The smallest absolute Gasteiger partial charge is 0.343 e. The van der Waals surface area contributed by atoms with E-state index in [1.807, 2.05) is 39.0 Å². The molecule has 0 spiro atoms. The lowest BCUT2D eigenvalue weighted by Crippen LogP contribution is -2.32. The average Bonchev–Trinajstić information content (AvgIpc) is 3.08. The van der Waals surface area contributed by atoms with Crippen molar-refractivity contribution in [1.29, 1.82) is 0 Å². The van der Waals surface area contributed by atoms with E-state index >= 15 is 0 Å². The number of nitrogens with zero attached hydrogens (tertiary/aromatic N) is 1. The fraction of sp³-hybridized carbons (Fsp3) is 0.320. The maximum atomic E-state index is 12.9. The number of amides is 2. The first-order chi connectivity index (χ1) is 16.7. The van der Waals surface area contributed by atoms with Crippen LogP contribution in [0.4, 0.5) is 4.79 Å². The van der Waals surface area contributed by atoms with Crippen molar-refractivity contribution >= 4 is 57.5 Å². The van der Waals surface area contributed by atoms with Crippen LogP contribution in [0.1, 0.15) is 23.6 Å². The molecular weight excluding hydrogens is 585 g/mol. The highest BCUT2D eigenvalue weighted by Gasteiger charge is 2.35. The number of esters is 1. The lowest BCUT2D eigenvalue weighted by Gasteiger charge is -2.15. The van der Waals surface area contributed by atoms with Crippen LogP contribution < -0.4 is 14.2 Å². The highest BCUT2D eigenvalue weighted by atomic mass is 127. The first-order valence-corrected chi connectivity index (χ1v) is 12.7. The molecule has 0 aromatic heterocycles. The van der Waals surface area contributed by atoms with Crippen molar-refractivity contribution in [3.63, 3.8) is 0 Å². The number of methoxy groups -OCH3 is 1. The van der Waals surface area contributed by atoms with Gasteiger partial charge in [-0.3, -0.25) is 14.5 Å². The molecule has 1 heterocycles. The maximum Gasteiger partial charge on any atom is 0.343 e. The Balaban J connectivity index is 1.73. The highest BCUT2D eigenvalue weighted by Crippen LogP contribution is 2.37. The molecule has 0 saturated carbocycles. The summed E-state index contributed by atoms with van der Waals surface area (Å²) in [6.07, 6.45) is 1.64. The van der Waals surface area contributed by atoms with Crippen molar-refractivity contribution in [3.05, 3.63) is 55.5 Å². The number of ether oxygens (including phenoxy) is 4. The molecule has 0 radical (unpaired) electrons. The molecule has 0 unspecified atom stereocenters. The minimum Gasteiger partial charge on any atom is -0.491 e. The van der Waals surface area contributed by atoms with Crippen LogP contribution in [0.5, 0.6) is 17.2 Å². The van der Waals surface area contributed by atoms with E-state index in [9.17, 15) is 14.4 Å². The number of aryl methyl sites for hydroxylation is 2. The fourth-order valence-corrected chi connectivity index (χ4v) is 4.86. The summed E-state index contributed by atoms with van der Waals surface area (Å²) in [5, 5.41) is -0.344. The number of rotatable bonds is 10. The normalized spacial score (nSPS) is 14.4. The van der Waals surface area contributed by atoms with Gasteiger partial charge in [-0.1, -0.05) is 12.1 Å². The predicted octanol–water partition coefficient (Wildman–Crippen LogP) is 4.97. The summed E-state index contributed by atoms with van der Waals surface area (Å²) in [5.41, 5.74) is 2.73. The predicted molar refractivity (Wildman–Crippen MR) is 142 cm³/mol. The summed E-state index contributed by atoms with van der Waals surface area (Å²) < 4.78 is 22.4. The van der Waals surface area contributed by atoms with Crippen LogP contribution in [0.3, 0.4) is 0 Å². The molecule has 0 bridgehead atoms. The molecule has 10 heteroatoms. The zero-order valence-electron chi connectivity index (χ0n) is 19.9. The SMILES string of the molecule is CCOc1cc(/C=C2\SC(=O)N(CCOc3cc(C)ccc3C)C2=O)cc(I)c1OCC(=O)OC. The van der Waals surface area contributed by atoms with Crippen molar-refractivity contribution in [1.82, 2.24) is 4.90 Å². The second kappa shape index (κ2) is 12.3. The third kappa shape index (κ3) is 6.91. The Morgan fingerprint density at radius 2 is 1.86 bits per heavy atom. The summed E-state index contributed by atoms with van der Waals surface area (Å²) in [6.45, 7) is 6.23. The summed E-state index contributed by atoms with van der Waals surface area (Å²) in [7, 11) is 1.28. The van der Waals surface area contributed by atoms with E-state index in [0.717, 1.165) is 28.6 Å². The molecule has 1 saturated heterocycles. The van der Waals surface area contributed by atoms with E-state index in [1.165, 1.54) is 12.0 Å². The van der Waals surface area contributed by atoms with Crippen LogP contribution in [-0.2, 0) is 14.3 Å². The number of benzene rings is 2. The molecule has 1 aliphatic rings. The number of thioether (sulfide) groups is 1. The van der Waals surface area contributed by atoms with Gasteiger partial charge in [-0.2, -0.15) is 0 Å². The number of imide groups is 1. The van der Waals surface area contributed by atoms with Crippen LogP contribution in [0.25, 0.3) is 6.08 Å². The maximum absolute atomic E-state index is 12.9. The van der Waals surface area contributed by atoms with Crippen molar-refractivity contribution in [2.75, 3.05) is 33.5 Å². The quantitative estimate of drug-likeness (QED) is 0.211. The van der Waals surface area contributed by atoms with Crippen molar-refractivity contribution < 1.29 is 33.3 Å². The molecule has 35 heavy (non-hydrogen) atoms. The van der Waals surface area contributed by atoms with Gasteiger partial charge in [0.2, 0.25) is 0 Å². The van der Waals surface area contributed by atoms with Gasteiger partial charge in [-0.25, -0.2) is 4.79 Å². The molecule has 2 aromatic rings. The topological polar surface area (TPSA) is 91.4 Å². The standard InChI is InChI=1S/C25H26INO7S/c1-5-32-20-12-17(11-18(26)23(20)34-14-22(28)31-4)13-21-24(29)27(25(30)35-21)8-9-33-19-10-15(2)6-7-16(19)3/h6-7,10-13H,5,8-9,14H2,1-4H3/b21-13-. The lowest BCUT2D eigenvalue weighted by molar-refractivity contribution is -0.143. The minimum atomic E-state index is -0.512. The van der Waals surface area contributed by atoms with Gasteiger partial charge in [0.05, 0.1) is 28.7 Å². The number of carbonyl (C=O) groups is 3. The number of hydrogen-bond acceptors (Lipinski definition) is 8. The van der Waals surface area contributed by atoms with Crippen LogP contribution in [0.15, 0.2) is 35.2 Å². The molecule has 186 valence electrons. The monoisotopic (exact) mass is 611 g/mol. The van der Waals surface area contributed by atoms with E-state index < -0.39 is 5.97 Å². The Morgan fingerprint density at radius 3 is 2.57 bits per heavy atom. The summed E-state index contributed by atoms with van der Waals surface area (Å²) in [5.74, 6) is 0.688. The molecule has 0 atom stereocenters. The third-order valence-corrected chi connectivity index (χ3v) is 6.69. The lowest BCUT2D eigenvalue weighted by atomic mass is 10.1. The molecule has 2 amide bonds. The first kappa shape index (κ1) is 26.9. The largest absolute Gasteiger partial charge is 0.491 e. The van der Waals surface area contributed by atoms with E-state index in [1.54, 1.807) is 18.2 Å². The minimum absolute atomic E-state index is 0.150. The Bertz CT molecular complexity index is 1160. The number of carbonyl (C=O) groups excluding carboxylic acids is 3. The molecule has 1 aliphatic heterocycles. The molecular formula is C25H26INO7S. The number of halogens is 1. The van der Waals surface area contributed by atoms with Crippen molar-refractivity contribution in [2.24, 2.45) is 0 Å². The Morgan fingerprint density at radius 1 is 1.09 bits per heavy atom. The molecule has 0 aliphatic carbocycles. The molecule has 2 aromatic carbocycles. The summed E-state index contributed by atoms with van der Waals surface area (Å²) in [4.78, 5) is 38.4. The van der Waals surface area contributed by atoms with Gasteiger partial charge in [0.15, 0.2) is 18.1 Å². The second-order valence-corrected chi connectivity index (χ2v) is 9.73. The van der Waals surface area contributed by atoms with Crippen LogP contribution >= 0.6 is 34.4 Å². The van der Waals surface area contributed by atoms with Crippen LogP contribution in [-0.4, -0.2) is 55.5 Å². The van der Waals surface area contributed by atoms with E-state index in [2.05, 4.69) is 27.3 Å². The van der Waals surface area contributed by atoms with Crippen molar-refractivity contribution in [2.45, 2.75) is 20.8 Å². The first-order valence-electron chi connectivity index (χ1n) is 10.8. The van der Waals surface area contributed by atoms with Crippen molar-refractivity contribution in [3.8, 4) is 17.2 Å². The Hall–Kier alpha value is -2.73. The number of hydrogen-bond donors (Lipinski definition) is 0. The van der Waals surface area contributed by atoms with E-state index in [-0.39, 0.29) is 30.9 Å². The highest BCUT2D eigenvalue weighted by molar-refractivity contribution is 14.1. The van der Waals surface area contributed by atoms with Gasteiger partial charge in [0, 0.05) is 0 Å². The molecule has 1 fully saturated rings. The van der Waals surface area contributed by atoms with Gasteiger partial charge in [0.1, 0.15) is 12.4 Å². The summed E-state index contributed by atoms with van der Waals surface area (Å²) in [6, 6.07) is 9.39. The zero-order chi connectivity index (χ0) is 25.5. The Labute approximate surface area is 222 Å². The van der Waals surface area contributed by atoms with Gasteiger partial charge < -0.3 is 18.9 Å². The van der Waals surface area contributed by atoms with Crippen LogP contribution in [0.2, 0.25) is 0 Å². The van der Waals surface area contributed by atoms with Gasteiger partial charge in [-0.15, -0.1) is 0 Å².